The van der Waals surface area contributed by atoms with Crippen LogP contribution in [0, 0.1) is 18.7 Å². The number of nitrogens with zero attached hydrogens (tertiary/aromatic N) is 1. The summed E-state index contributed by atoms with van der Waals surface area (Å²) < 4.78 is 42.5. The van der Waals surface area contributed by atoms with Gasteiger partial charge in [-0.3, -0.25) is 9.59 Å². The summed E-state index contributed by atoms with van der Waals surface area (Å²) in [6.45, 7) is 2.07. The smallest absolute Gasteiger partial charge is 0.288 e. The van der Waals surface area contributed by atoms with Crippen molar-refractivity contribution < 1.29 is 27.5 Å². The molecule has 2 aromatic carbocycles. The standard InChI is InChI=1S/C26H29FN4O5S/c1-17-3-2-4-21(13-17)37(35,36)31-26-11-9-19(10-12-26)15-29-25(34)23(32)22(30-16-26)24(33)28-14-18-5-7-20(27)8-6-18/h2-8,13,16,19,31-32H,9-12,14-15H2,1H3,(H,28,33)(H,29,34)/b23-22+,30-16+. The molecule has 0 aromatic heterocycles. The van der Waals surface area contributed by atoms with Gasteiger partial charge < -0.3 is 15.7 Å². The third-order valence-corrected chi connectivity index (χ3v) is 8.20. The van der Waals surface area contributed by atoms with Crippen molar-refractivity contribution in [2.75, 3.05) is 6.54 Å². The van der Waals surface area contributed by atoms with Gasteiger partial charge in [-0.25, -0.2) is 17.8 Å². The van der Waals surface area contributed by atoms with Gasteiger partial charge in [0.25, 0.3) is 11.8 Å². The summed E-state index contributed by atoms with van der Waals surface area (Å²) in [5.41, 5.74) is -0.271. The van der Waals surface area contributed by atoms with Gasteiger partial charge in [0.05, 0.1) is 10.4 Å². The van der Waals surface area contributed by atoms with Crippen molar-refractivity contribution in [2.24, 2.45) is 10.9 Å². The Morgan fingerprint density at radius 2 is 1.89 bits per heavy atom. The fourth-order valence-corrected chi connectivity index (χ4v) is 5.98. The van der Waals surface area contributed by atoms with Crippen LogP contribution in [0.5, 0.6) is 0 Å². The highest BCUT2D eigenvalue weighted by Crippen LogP contribution is 2.33. The molecule has 4 N–H and O–H groups in total. The molecule has 11 heteroatoms. The first kappa shape index (κ1) is 26.5. The number of carbonyl (C=O) groups excluding carboxylic acids is 2. The summed E-state index contributed by atoms with van der Waals surface area (Å²) in [6.07, 6.45) is 3.32. The Kier molecular flexibility index (Phi) is 7.74. The summed E-state index contributed by atoms with van der Waals surface area (Å²) >= 11 is 0. The van der Waals surface area contributed by atoms with E-state index in [2.05, 4.69) is 20.3 Å². The molecule has 37 heavy (non-hydrogen) atoms. The second-order valence-electron chi connectivity index (χ2n) is 9.50. The van der Waals surface area contributed by atoms with Crippen molar-refractivity contribution in [3.8, 4) is 0 Å². The van der Waals surface area contributed by atoms with Gasteiger partial charge in [0.2, 0.25) is 15.8 Å². The molecule has 196 valence electrons. The van der Waals surface area contributed by atoms with Gasteiger partial charge >= 0.3 is 0 Å². The molecule has 2 bridgehead atoms. The summed E-state index contributed by atoms with van der Waals surface area (Å²) in [7, 11) is -3.93. The average molecular weight is 529 g/mol. The zero-order chi connectivity index (χ0) is 26.6. The van der Waals surface area contributed by atoms with Crippen LogP contribution in [0.3, 0.4) is 0 Å². The van der Waals surface area contributed by atoms with E-state index in [1.807, 2.05) is 0 Å². The Hall–Kier alpha value is -3.57. The number of aliphatic imine (C=N–C) groups is 1. The minimum absolute atomic E-state index is 0.000235. The SMILES string of the molecule is Cc1cccc(S(=O)(=O)NC23/C=N/C(C(=O)NCc4ccc(F)cc4)=C(/O)C(=O)NCC(CC2)CC3)c1. The zero-order valence-electron chi connectivity index (χ0n) is 20.3. The number of fused-ring (bicyclic) bond motifs is 6. The minimum atomic E-state index is -3.93. The summed E-state index contributed by atoms with van der Waals surface area (Å²) in [4.78, 5) is 29.8. The Labute approximate surface area is 214 Å². The van der Waals surface area contributed by atoms with Crippen molar-refractivity contribution in [3.05, 3.63) is 76.9 Å². The zero-order valence-corrected chi connectivity index (χ0v) is 21.1. The molecule has 5 rings (SSSR count). The molecule has 0 saturated heterocycles. The van der Waals surface area contributed by atoms with E-state index in [1.165, 1.54) is 36.5 Å². The number of amides is 2. The molecule has 0 atom stereocenters. The van der Waals surface area contributed by atoms with Crippen LogP contribution in [-0.2, 0) is 26.2 Å². The van der Waals surface area contributed by atoms with E-state index < -0.39 is 44.7 Å². The van der Waals surface area contributed by atoms with Gasteiger partial charge in [-0.2, -0.15) is 4.72 Å². The molecular weight excluding hydrogens is 499 g/mol. The third kappa shape index (κ3) is 6.41. The number of halogens is 1. The van der Waals surface area contributed by atoms with Crippen LogP contribution < -0.4 is 15.4 Å². The number of hydrogen-bond acceptors (Lipinski definition) is 6. The van der Waals surface area contributed by atoms with E-state index in [9.17, 15) is 27.5 Å². The van der Waals surface area contributed by atoms with E-state index in [-0.39, 0.29) is 23.9 Å². The number of sulfonamides is 1. The maximum Gasteiger partial charge on any atom is 0.288 e. The molecule has 1 aliphatic carbocycles. The minimum Gasteiger partial charge on any atom is -0.501 e. The second kappa shape index (κ2) is 10.8. The fraction of sp³-hybridized carbons (Fsp3) is 0.346. The maximum atomic E-state index is 13.3. The van der Waals surface area contributed by atoms with Crippen molar-refractivity contribution in [1.29, 1.82) is 0 Å². The highest BCUT2D eigenvalue weighted by atomic mass is 32.2. The van der Waals surface area contributed by atoms with Crippen LogP contribution in [0.4, 0.5) is 4.39 Å². The number of carbonyl (C=O) groups is 2. The molecule has 3 aliphatic rings. The van der Waals surface area contributed by atoms with Crippen LogP contribution >= 0.6 is 0 Å². The number of nitrogens with one attached hydrogen (secondary N) is 3. The quantitative estimate of drug-likeness (QED) is 0.457. The summed E-state index contributed by atoms with van der Waals surface area (Å²) in [5.74, 6) is -2.89. The lowest BCUT2D eigenvalue weighted by molar-refractivity contribution is -0.122. The van der Waals surface area contributed by atoms with Gasteiger partial charge in [-0.15, -0.1) is 0 Å². The molecule has 2 aromatic rings. The molecule has 1 fully saturated rings. The highest BCUT2D eigenvalue weighted by Gasteiger charge is 2.39. The van der Waals surface area contributed by atoms with Gasteiger partial charge in [0.15, 0.2) is 5.70 Å². The number of rotatable bonds is 6. The molecule has 2 amide bonds. The third-order valence-electron chi connectivity index (χ3n) is 6.65. The number of hydrogen-bond donors (Lipinski definition) is 4. The van der Waals surface area contributed by atoms with E-state index >= 15 is 0 Å². The molecule has 2 aliphatic heterocycles. The van der Waals surface area contributed by atoms with Gasteiger partial charge in [-0.1, -0.05) is 24.3 Å². The lowest BCUT2D eigenvalue weighted by atomic mass is 9.77. The molecule has 1 saturated carbocycles. The van der Waals surface area contributed by atoms with E-state index in [0.29, 0.717) is 31.2 Å². The first-order chi connectivity index (χ1) is 17.6. The van der Waals surface area contributed by atoms with Crippen molar-refractivity contribution in [1.82, 2.24) is 15.4 Å². The first-order valence-electron chi connectivity index (χ1n) is 12.0. The lowest BCUT2D eigenvalue weighted by Crippen LogP contribution is -2.52. The number of aryl methyl sites for hydroxylation is 1. The largest absolute Gasteiger partial charge is 0.501 e. The Morgan fingerprint density at radius 1 is 1.19 bits per heavy atom. The number of aliphatic hydroxyl groups is 1. The van der Waals surface area contributed by atoms with Crippen LogP contribution in [0.1, 0.15) is 36.8 Å². The second-order valence-corrected chi connectivity index (χ2v) is 11.2. The molecule has 0 unspecified atom stereocenters. The Bertz CT molecular complexity index is 1350. The van der Waals surface area contributed by atoms with Gasteiger partial charge in [0.1, 0.15) is 5.82 Å². The van der Waals surface area contributed by atoms with Gasteiger partial charge in [-0.05, 0) is 73.9 Å². The van der Waals surface area contributed by atoms with Crippen LogP contribution in [0.25, 0.3) is 0 Å². The van der Waals surface area contributed by atoms with Crippen LogP contribution in [-0.4, -0.2) is 43.6 Å². The van der Waals surface area contributed by atoms with Crippen molar-refractivity contribution in [2.45, 2.75) is 49.6 Å². The molecule has 2 heterocycles. The van der Waals surface area contributed by atoms with Crippen LogP contribution in [0.2, 0.25) is 0 Å². The van der Waals surface area contributed by atoms with Crippen molar-refractivity contribution in [3.63, 3.8) is 0 Å². The summed E-state index contributed by atoms with van der Waals surface area (Å²) in [6, 6.07) is 12.0. The Balaban J connectivity index is 1.64. The Morgan fingerprint density at radius 3 is 2.57 bits per heavy atom. The molecule has 9 nitrogen and oxygen atoms in total. The van der Waals surface area contributed by atoms with E-state index in [0.717, 1.165) is 5.56 Å². The predicted octanol–water partition coefficient (Wildman–Crippen LogP) is 2.63. The van der Waals surface area contributed by atoms with Gasteiger partial charge in [0, 0.05) is 19.3 Å². The topological polar surface area (TPSA) is 137 Å². The van der Waals surface area contributed by atoms with Crippen molar-refractivity contribution >= 4 is 28.1 Å². The molecular formula is C26H29FN4O5S. The van der Waals surface area contributed by atoms with E-state index in [4.69, 9.17) is 0 Å². The fourth-order valence-electron chi connectivity index (χ4n) is 4.48. The summed E-state index contributed by atoms with van der Waals surface area (Å²) in [5, 5.41) is 15.8. The highest BCUT2D eigenvalue weighted by molar-refractivity contribution is 7.89. The first-order valence-corrected chi connectivity index (χ1v) is 13.5. The number of aliphatic hydroxyl groups excluding tert-OH is 1. The molecule has 0 radical (unpaired) electrons. The van der Waals surface area contributed by atoms with Crippen LogP contribution in [0.15, 0.2) is 69.9 Å². The number of benzene rings is 2. The maximum absolute atomic E-state index is 13.3. The molecule has 0 spiro atoms. The predicted molar refractivity (Wildman–Crippen MR) is 136 cm³/mol. The van der Waals surface area contributed by atoms with E-state index in [1.54, 1.807) is 25.1 Å². The average Bonchev–Trinajstić information content (AvgIpc) is 2.90. The lowest BCUT2D eigenvalue weighted by Gasteiger charge is -2.37. The normalized spacial score (nSPS) is 25.1. The monoisotopic (exact) mass is 528 g/mol.